The maximum absolute atomic E-state index is 12.7. The van der Waals surface area contributed by atoms with Gasteiger partial charge < -0.3 is 20.1 Å². The Bertz CT molecular complexity index is 883. The first kappa shape index (κ1) is 23.9. The van der Waals surface area contributed by atoms with Gasteiger partial charge >= 0.3 is 5.97 Å². The maximum Gasteiger partial charge on any atom is 0.328 e. The monoisotopic (exact) mass is 426 g/mol. The number of benzene rings is 2. The number of rotatable bonds is 10. The molecule has 0 bridgehead atoms. The molecule has 0 aliphatic heterocycles. The van der Waals surface area contributed by atoms with Gasteiger partial charge in [-0.1, -0.05) is 56.3 Å². The summed E-state index contributed by atoms with van der Waals surface area (Å²) in [5, 5.41) is 5.33. The Labute approximate surface area is 183 Å². The van der Waals surface area contributed by atoms with Crippen molar-refractivity contribution in [2.75, 3.05) is 7.11 Å². The predicted octanol–water partition coefficient (Wildman–Crippen LogP) is 2.63. The van der Waals surface area contributed by atoms with Crippen molar-refractivity contribution in [1.29, 1.82) is 0 Å². The van der Waals surface area contributed by atoms with Crippen molar-refractivity contribution < 1.29 is 23.9 Å². The van der Waals surface area contributed by atoms with E-state index < -0.39 is 24.0 Å². The molecule has 0 fully saturated rings. The Hall–Kier alpha value is -3.35. The van der Waals surface area contributed by atoms with E-state index in [4.69, 9.17) is 9.47 Å². The van der Waals surface area contributed by atoms with Gasteiger partial charge in [0, 0.05) is 13.3 Å². The lowest BCUT2D eigenvalue weighted by Gasteiger charge is -2.24. The van der Waals surface area contributed by atoms with E-state index in [1.165, 1.54) is 14.0 Å². The summed E-state index contributed by atoms with van der Waals surface area (Å²) in [5.74, 6) is -0.787. The van der Waals surface area contributed by atoms with Crippen LogP contribution in [0.25, 0.3) is 0 Å². The third kappa shape index (κ3) is 7.77. The molecule has 31 heavy (non-hydrogen) atoms. The lowest BCUT2D eigenvalue weighted by atomic mass is 10.0. The number of hydrogen-bond donors (Lipinski definition) is 2. The number of nitrogens with one attached hydrogen (secondary N) is 2. The van der Waals surface area contributed by atoms with E-state index in [0.717, 1.165) is 11.1 Å². The highest BCUT2D eigenvalue weighted by molar-refractivity contribution is 5.90. The van der Waals surface area contributed by atoms with Crippen LogP contribution in [-0.2, 0) is 32.1 Å². The van der Waals surface area contributed by atoms with Gasteiger partial charge in [0.2, 0.25) is 11.8 Å². The first-order chi connectivity index (χ1) is 14.8. The Kier molecular flexibility index (Phi) is 9.06. The van der Waals surface area contributed by atoms with Crippen molar-refractivity contribution in [3.63, 3.8) is 0 Å². The van der Waals surface area contributed by atoms with Crippen LogP contribution in [0.1, 0.15) is 31.9 Å². The molecule has 0 unspecified atom stereocenters. The van der Waals surface area contributed by atoms with Crippen molar-refractivity contribution in [1.82, 2.24) is 10.6 Å². The first-order valence-corrected chi connectivity index (χ1v) is 10.2. The molecule has 2 rings (SSSR count). The van der Waals surface area contributed by atoms with Gasteiger partial charge in [-0.3, -0.25) is 9.59 Å². The molecule has 0 heterocycles. The molecular weight excluding hydrogens is 396 g/mol. The van der Waals surface area contributed by atoms with Crippen molar-refractivity contribution in [2.45, 2.75) is 45.9 Å². The van der Waals surface area contributed by atoms with Crippen LogP contribution in [0.3, 0.4) is 0 Å². The fourth-order valence-corrected chi connectivity index (χ4v) is 3.09. The standard InChI is InChI=1S/C24H30N2O5/c1-16(2)22(25-17(3)27)23(28)26-21(24(29)30-4)14-19-11-8-12-20(13-19)31-15-18-9-6-5-7-10-18/h5-13,16,21-22H,14-15H2,1-4H3,(H,25,27)(H,26,28)/t21-,22-/m1/s1. The molecule has 0 aliphatic carbocycles. The average molecular weight is 427 g/mol. The minimum atomic E-state index is -0.892. The van der Waals surface area contributed by atoms with Crippen LogP contribution in [0.15, 0.2) is 54.6 Å². The van der Waals surface area contributed by atoms with E-state index >= 15 is 0 Å². The van der Waals surface area contributed by atoms with Crippen LogP contribution >= 0.6 is 0 Å². The van der Waals surface area contributed by atoms with Gasteiger partial charge in [0.25, 0.3) is 0 Å². The highest BCUT2D eigenvalue weighted by Gasteiger charge is 2.28. The summed E-state index contributed by atoms with van der Waals surface area (Å²) in [7, 11) is 1.27. The van der Waals surface area contributed by atoms with Gasteiger partial charge in [0.1, 0.15) is 24.4 Å². The third-order valence-electron chi connectivity index (χ3n) is 4.70. The second-order valence-corrected chi connectivity index (χ2v) is 7.63. The molecule has 2 atom stereocenters. The molecule has 0 saturated carbocycles. The molecule has 0 radical (unpaired) electrons. The molecule has 2 N–H and O–H groups in total. The van der Waals surface area contributed by atoms with Gasteiger partial charge in [0.15, 0.2) is 0 Å². The van der Waals surface area contributed by atoms with Crippen LogP contribution in [0.2, 0.25) is 0 Å². The predicted molar refractivity (Wildman–Crippen MR) is 117 cm³/mol. The fraction of sp³-hybridized carbons (Fsp3) is 0.375. The third-order valence-corrected chi connectivity index (χ3v) is 4.70. The second kappa shape index (κ2) is 11.7. The maximum atomic E-state index is 12.7. The zero-order valence-corrected chi connectivity index (χ0v) is 18.4. The topological polar surface area (TPSA) is 93.7 Å². The van der Waals surface area contributed by atoms with Crippen LogP contribution < -0.4 is 15.4 Å². The summed E-state index contributed by atoms with van der Waals surface area (Å²) in [6, 6.07) is 15.5. The zero-order chi connectivity index (χ0) is 22.8. The van der Waals surface area contributed by atoms with Crippen LogP contribution in [0.5, 0.6) is 5.75 Å². The summed E-state index contributed by atoms with van der Waals surface area (Å²) in [6.07, 6.45) is 0.228. The van der Waals surface area contributed by atoms with Crippen molar-refractivity contribution in [3.05, 3.63) is 65.7 Å². The molecule has 166 valence electrons. The summed E-state index contributed by atoms with van der Waals surface area (Å²) >= 11 is 0. The second-order valence-electron chi connectivity index (χ2n) is 7.63. The average Bonchev–Trinajstić information content (AvgIpc) is 2.75. The van der Waals surface area contributed by atoms with Gasteiger partial charge in [0.05, 0.1) is 7.11 Å². The summed E-state index contributed by atoms with van der Waals surface area (Å²) in [6.45, 7) is 5.41. The summed E-state index contributed by atoms with van der Waals surface area (Å²) < 4.78 is 10.7. The highest BCUT2D eigenvalue weighted by atomic mass is 16.5. The SMILES string of the molecule is COC(=O)[C@@H](Cc1cccc(OCc2ccccc2)c1)NC(=O)[C@H](NC(C)=O)C(C)C. The number of carbonyl (C=O) groups excluding carboxylic acids is 3. The molecule has 2 aromatic carbocycles. The Morgan fingerprint density at radius 1 is 0.935 bits per heavy atom. The van der Waals surface area contributed by atoms with Crippen molar-refractivity contribution in [2.24, 2.45) is 5.92 Å². The fourth-order valence-electron chi connectivity index (χ4n) is 3.09. The van der Waals surface area contributed by atoms with Crippen molar-refractivity contribution >= 4 is 17.8 Å². The highest BCUT2D eigenvalue weighted by Crippen LogP contribution is 2.17. The van der Waals surface area contributed by atoms with Crippen molar-refractivity contribution in [3.8, 4) is 5.75 Å². The largest absolute Gasteiger partial charge is 0.489 e. The quantitative estimate of drug-likeness (QED) is 0.570. The summed E-state index contributed by atoms with van der Waals surface area (Å²) in [5.41, 5.74) is 1.85. The Balaban J connectivity index is 2.09. The van der Waals surface area contributed by atoms with Gasteiger partial charge in [-0.25, -0.2) is 4.79 Å². The van der Waals surface area contributed by atoms with E-state index in [1.54, 1.807) is 0 Å². The minimum absolute atomic E-state index is 0.142. The first-order valence-electron chi connectivity index (χ1n) is 10.2. The molecule has 2 amide bonds. The number of methoxy groups -OCH3 is 1. The molecule has 0 saturated heterocycles. The molecule has 0 aromatic heterocycles. The van der Waals surface area contributed by atoms with E-state index in [0.29, 0.717) is 12.4 Å². The zero-order valence-electron chi connectivity index (χ0n) is 18.4. The van der Waals surface area contributed by atoms with Crippen LogP contribution in [-0.4, -0.2) is 37.0 Å². The van der Waals surface area contributed by atoms with Crippen LogP contribution in [0, 0.1) is 5.92 Å². The molecule has 2 aromatic rings. The summed E-state index contributed by atoms with van der Waals surface area (Å²) in [4.78, 5) is 36.5. The van der Waals surface area contributed by atoms with Gasteiger partial charge in [-0.2, -0.15) is 0 Å². The minimum Gasteiger partial charge on any atom is -0.489 e. The lowest BCUT2D eigenvalue weighted by Crippen LogP contribution is -2.54. The van der Waals surface area contributed by atoms with E-state index in [1.807, 2.05) is 68.4 Å². The molecule has 7 heteroatoms. The van der Waals surface area contributed by atoms with E-state index in [9.17, 15) is 14.4 Å². The number of hydrogen-bond acceptors (Lipinski definition) is 5. The van der Waals surface area contributed by atoms with Gasteiger partial charge in [-0.05, 0) is 29.2 Å². The van der Waals surface area contributed by atoms with Gasteiger partial charge in [-0.15, -0.1) is 0 Å². The number of carbonyl (C=O) groups is 3. The normalized spacial score (nSPS) is 12.5. The Morgan fingerprint density at radius 3 is 2.23 bits per heavy atom. The molecule has 0 aliphatic rings. The van der Waals surface area contributed by atoms with E-state index in [2.05, 4.69) is 10.6 Å². The number of esters is 1. The molecule has 0 spiro atoms. The van der Waals surface area contributed by atoms with Crippen LogP contribution in [0.4, 0.5) is 0 Å². The smallest absolute Gasteiger partial charge is 0.328 e. The Morgan fingerprint density at radius 2 is 1.61 bits per heavy atom. The number of ether oxygens (including phenoxy) is 2. The molecular formula is C24H30N2O5. The number of amides is 2. The van der Waals surface area contributed by atoms with E-state index in [-0.39, 0.29) is 18.2 Å². The lowest BCUT2D eigenvalue weighted by molar-refractivity contribution is -0.145. The molecule has 7 nitrogen and oxygen atoms in total.